The Labute approximate surface area is 113 Å². The van der Waals surface area contributed by atoms with Crippen molar-refractivity contribution >= 4 is 0 Å². The van der Waals surface area contributed by atoms with E-state index in [9.17, 15) is 5.11 Å². The molecule has 4 heteroatoms. The molecule has 0 aliphatic carbocycles. The molecule has 0 amide bonds. The maximum Gasteiger partial charge on any atom is 0.125 e. The molecule has 1 aromatic heterocycles. The molecule has 1 N–H and O–H groups in total. The van der Waals surface area contributed by atoms with E-state index < -0.39 is 6.10 Å². The van der Waals surface area contributed by atoms with Gasteiger partial charge in [0, 0.05) is 24.5 Å². The third-order valence-corrected chi connectivity index (χ3v) is 3.04. The average molecular weight is 260 g/mol. The van der Waals surface area contributed by atoms with Gasteiger partial charge in [0.25, 0.3) is 0 Å². The van der Waals surface area contributed by atoms with Crippen molar-refractivity contribution in [2.45, 2.75) is 32.4 Å². The predicted molar refractivity (Wildman–Crippen MR) is 74.0 cm³/mol. The Kier molecular flexibility index (Phi) is 4.98. The Bertz CT molecular complexity index is 483. The fourth-order valence-corrected chi connectivity index (χ4v) is 1.96. The highest BCUT2D eigenvalue weighted by Gasteiger charge is 2.10. The van der Waals surface area contributed by atoms with Crippen LogP contribution in [0.5, 0.6) is 5.75 Å². The molecule has 19 heavy (non-hydrogen) atoms. The molecule has 102 valence electrons. The fourth-order valence-electron chi connectivity index (χ4n) is 1.96. The lowest BCUT2D eigenvalue weighted by atomic mass is 10.1. The number of aliphatic hydroxyl groups excluding tert-OH is 1. The number of rotatable bonds is 7. The van der Waals surface area contributed by atoms with Crippen molar-refractivity contribution in [2.24, 2.45) is 0 Å². The second-order valence-corrected chi connectivity index (χ2v) is 4.46. The van der Waals surface area contributed by atoms with Crippen molar-refractivity contribution in [2.75, 3.05) is 6.61 Å². The molecular formula is C15H20N2O2. The molecule has 0 saturated heterocycles. The molecule has 4 nitrogen and oxygen atoms in total. The van der Waals surface area contributed by atoms with Crippen LogP contribution in [0.4, 0.5) is 0 Å². The van der Waals surface area contributed by atoms with E-state index in [1.165, 1.54) is 0 Å². The van der Waals surface area contributed by atoms with Crippen LogP contribution in [0.25, 0.3) is 0 Å². The van der Waals surface area contributed by atoms with E-state index >= 15 is 0 Å². The topological polar surface area (TPSA) is 47.3 Å². The summed E-state index contributed by atoms with van der Waals surface area (Å²) < 4.78 is 7.79. The summed E-state index contributed by atoms with van der Waals surface area (Å²) in [5.41, 5.74) is 0.868. The lowest BCUT2D eigenvalue weighted by Gasteiger charge is -2.14. The number of nitrogens with zero attached hydrogens (tertiary/aromatic N) is 2. The second-order valence-electron chi connectivity index (χ2n) is 4.46. The smallest absolute Gasteiger partial charge is 0.125 e. The summed E-state index contributed by atoms with van der Waals surface area (Å²) >= 11 is 0. The maximum absolute atomic E-state index is 9.92. The Hall–Kier alpha value is -1.81. The first kappa shape index (κ1) is 13.6. The van der Waals surface area contributed by atoms with Crippen molar-refractivity contribution < 1.29 is 9.84 Å². The number of benzene rings is 1. The van der Waals surface area contributed by atoms with E-state index in [1.54, 1.807) is 12.5 Å². The first-order chi connectivity index (χ1) is 9.31. The fraction of sp³-hybridized carbons (Fsp3) is 0.400. The zero-order valence-corrected chi connectivity index (χ0v) is 11.2. The van der Waals surface area contributed by atoms with E-state index in [0.29, 0.717) is 13.0 Å². The van der Waals surface area contributed by atoms with Crippen LogP contribution in [0.15, 0.2) is 43.0 Å². The number of aromatic nitrogens is 2. The molecular weight excluding hydrogens is 240 g/mol. The Morgan fingerprint density at radius 1 is 1.37 bits per heavy atom. The van der Waals surface area contributed by atoms with Gasteiger partial charge in [-0.15, -0.1) is 0 Å². The first-order valence-corrected chi connectivity index (χ1v) is 6.66. The predicted octanol–water partition coefficient (Wildman–Crippen LogP) is 2.80. The standard InChI is InChI=1S/C15H20N2O2/c1-2-14(18)13-6-3-4-7-15(13)19-11-5-9-17-10-8-16-12-17/h3-4,6-8,10,12,14,18H,2,5,9,11H2,1H3/t14-/m0/s1. The minimum atomic E-state index is -0.454. The number of hydrogen-bond donors (Lipinski definition) is 1. The zero-order chi connectivity index (χ0) is 13.5. The van der Waals surface area contributed by atoms with Crippen LogP contribution in [0.1, 0.15) is 31.4 Å². The van der Waals surface area contributed by atoms with Crippen molar-refractivity contribution in [3.8, 4) is 5.75 Å². The summed E-state index contributed by atoms with van der Waals surface area (Å²) in [4.78, 5) is 4.00. The van der Waals surface area contributed by atoms with Gasteiger partial charge in [-0.05, 0) is 18.9 Å². The minimum absolute atomic E-state index is 0.454. The highest BCUT2D eigenvalue weighted by molar-refractivity contribution is 5.34. The molecule has 0 fully saturated rings. The van der Waals surface area contributed by atoms with Gasteiger partial charge in [-0.1, -0.05) is 25.1 Å². The van der Waals surface area contributed by atoms with Crippen molar-refractivity contribution in [1.29, 1.82) is 0 Å². The van der Waals surface area contributed by atoms with Crippen LogP contribution in [-0.2, 0) is 6.54 Å². The zero-order valence-electron chi connectivity index (χ0n) is 11.2. The van der Waals surface area contributed by atoms with Gasteiger partial charge >= 0.3 is 0 Å². The highest BCUT2D eigenvalue weighted by atomic mass is 16.5. The van der Waals surface area contributed by atoms with Crippen LogP contribution in [-0.4, -0.2) is 21.3 Å². The van der Waals surface area contributed by atoms with Crippen molar-refractivity contribution in [3.05, 3.63) is 48.5 Å². The first-order valence-electron chi connectivity index (χ1n) is 6.66. The molecule has 1 atom stereocenters. The normalized spacial score (nSPS) is 12.3. The van der Waals surface area contributed by atoms with E-state index in [2.05, 4.69) is 4.98 Å². The van der Waals surface area contributed by atoms with Gasteiger partial charge in [0.2, 0.25) is 0 Å². The Morgan fingerprint density at radius 2 is 2.21 bits per heavy atom. The number of hydrogen-bond acceptors (Lipinski definition) is 3. The molecule has 1 aromatic carbocycles. The number of aliphatic hydroxyl groups is 1. The number of para-hydroxylation sites is 1. The molecule has 0 aliphatic heterocycles. The number of ether oxygens (including phenoxy) is 1. The summed E-state index contributed by atoms with van der Waals surface area (Å²) in [5.74, 6) is 0.780. The molecule has 2 rings (SSSR count). The molecule has 0 bridgehead atoms. The van der Waals surface area contributed by atoms with Gasteiger partial charge in [-0.25, -0.2) is 4.98 Å². The summed E-state index contributed by atoms with van der Waals surface area (Å²) in [5, 5.41) is 9.92. The van der Waals surface area contributed by atoms with Crippen LogP contribution < -0.4 is 4.74 Å². The van der Waals surface area contributed by atoms with Crippen molar-refractivity contribution in [1.82, 2.24) is 9.55 Å². The lowest BCUT2D eigenvalue weighted by molar-refractivity contribution is 0.166. The maximum atomic E-state index is 9.92. The Morgan fingerprint density at radius 3 is 2.95 bits per heavy atom. The molecule has 1 heterocycles. The minimum Gasteiger partial charge on any atom is -0.493 e. The van der Waals surface area contributed by atoms with Crippen LogP contribution >= 0.6 is 0 Å². The van der Waals surface area contributed by atoms with Gasteiger partial charge in [-0.2, -0.15) is 0 Å². The highest BCUT2D eigenvalue weighted by Crippen LogP contribution is 2.26. The molecule has 0 saturated carbocycles. The van der Waals surface area contributed by atoms with E-state index in [4.69, 9.17) is 4.74 Å². The van der Waals surface area contributed by atoms with E-state index in [1.807, 2.05) is 42.0 Å². The van der Waals surface area contributed by atoms with Crippen LogP contribution in [0, 0.1) is 0 Å². The van der Waals surface area contributed by atoms with Crippen LogP contribution in [0.2, 0.25) is 0 Å². The average Bonchev–Trinajstić information content (AvgIpc) is 2.96. The Balaban J connectivity index is 1.85. The third-order valence-electron chi connectivity index (χ3n) is 3.04. The quantitative estimate of drug-likeness (QED) is 0.779. The summed E-state index contributed by atoms with van der Waals surface area (Å²) in [7, 11) is 0. The number of imidazole rings is 1. The summed E-state index contributed by atoms with van der Waals surface area (Å²) in [6, 6.07) is 7.68. The summed E-state index contributed by atoms with van der Waals surface area (Å²) in [6.07, 6.45) is 6.66. The van der Waals surface area contributed by atoms with E-state index in [0.717, 1.165) is 24.3 Å². The molecule has 0 spiro atoms. The largest absolute Gasteiger partial charge is 0.493 e. The van der Waals surface area contributed by atoms with Gasteiger partial charge in [0.1, 0.15) is 5.75 Å². The SMILES string of the molecule is CC[C@H](O)c1ccccc1OCCCn1ccnc1. The molecule has 0 unspecified atom stereocenters. The molecule has 0 radical (unpaired) electrons. The monoisotopic (exact) mass is 260 g/mol. The molecule has 0 aliphatic rings. The van der Waals surface area contributed by atoms with Gasteiger partial charge in [-0.3, -0.25) is 0 Å². The third kappa shape index (κ3) is 3.83. The van der Waals surface area contributed by atoms with Gasteiger partial charge < -0.3 is 14.4 Å². The van der Waals surface area contributed by atoms with Crippen molar-refractivity contribution in [3.63, 3.8) is 0 Å². The lowest BCUT2D eigenvalue weighted by Crippen LogP contribution is -2.06. The van der Waals surface area contributed by atoms with Gasteiger partial charge in [0.05, 0.1) is 19.0 Å². The summed E-state index contributed by atoms with van der Waals surface area (Å²) in [6.45, 7) is 3.48. The molecule has 2 aromatic rings. The van der Waals surface area contributed by atoms with Crippen LogP contribution in [0.3, 0.4) is 0 Å². The van der Waals surface area contributed by atoms with Gasteiger partial charge in [0.15, 0.2) is 0 Å². The second kappa shape index (κ2) is 6.95. The number of aryl methyl sites for hydroxylation is 1. The van der Waals surface area contributed by atoms with E-state index in [-0.39, 0.29) is 0 Å².